The Labute approximate surface area is 127 Å². The maximum absolute atomic E-state index is 12.3. The first-order valence-electron chi connectivity index (χ1n) is 5.28. The summed E-state index contributed by atoms with van der Waals surface area (Å²) in [6.07, 6.45) is 0. The van der Waals surface area contributed by atoms with Gasteiger partial charge in [-0.1, -0.05) is 0 Å². The molecule has 2 heterocycles. The molecule has 2 aromatic heterocycles. The Morgan fingerprint density at radius 2 is 2.10 bits per heavy atom. The molecule has 0 aromatic carbocycles. The highest BCUT2D eigenvalue weighted by atomic mass is 32.2. The smallest absolute Gasteiger partial charge is 0.358 e. The second-order valence-electron chi connectivity index (χ2n) is 3.61. The van der Waals surface area contributed by atoms with Crippen LogP contribution in [0.2, 0.25) is 0 Å². The minimum atomic E-state index is -4.07. The molecule has 0 spiro atoms. The van der Waals surface area contributed by atoms with E-state index in [2.05, 4.69) is 14.4 Å². The van der Waals surface area contributed by atoms with E-state index in [9.17, 15) is 18.0 Å². The van der Waals surface area contributed by atoms with Gasteiger partial charge in [-0.15, -0.1) is 22.7 Å². The van der Waals surface area contributed by atoms with Crippen LogP contribution in [0.1, 0.15) is 20.8 Å². The van der Waals surface area contributed by atoms with E-state index in [1.165, 1.54) is 17.0 Å². The second-order valence-corrected chi connectivity index (χ2v) is 7.26. The van der Waals surface area contributed by atoms with Crippen LogP contribution in [0, 0.1) is 0 Å². The maximum atomic E-state index is 12.3. The van der Waals surface area contributed by atoms with Crippen molar-refractivity contribution in [2.45, 2.75) is 4.21 Å². The second kappa shape index (κ2) is 5.79. The van der Waals surface area contributed by atoms with Crippen LogP contribution >= 0.6 is 22.7 Å². The van der Waals surface area contributed by atoms with E-state index < -0.39 is 21.9 Å². The van der Waals surface area contributed by atoms with Crippen LogP contribution in [0.3, 0.4) is 0 Å². The number of nitrogens with two attached hydrogens (primary N) is 1. The number of hydrogen-bond acceptors (Lipinski definition) is 8. The molecule has 0 saturated heterocycles. The lowest BCUT2D eigenvalue weighted by molar-refractivity contribution is 0.0590. The van der Waals surface area contributed by atoms with Gasteiger partial charge in [-0.2, -0.15) is 0 Å². The lowest BCUT2D eigenvalue weighted by Crippen LogP contribution is -2.18. The Kier molecular flexibility index (Phi) is 4.25. The molecule has 0 aliphatic rings. The quantitative estimate of drug-likeness (QED) is 0.773. The van der Waals surface area contributed by atoms with Gasteiger partial charge in [0.1, 0.15) is 5.00 Å². The number of thiazole rings is 1. The molecule has 2 rings (SSSR count). The van der Waals surface area contributed by atoms with Crippen LogP contribution in [0.15, 0.2) is 21.2 Å². The monoisotopic (exact) mass is 347 g/mol. The third-order valence-electron chi connectivity index (χ3n) is 2.32. The highest BCUT2D eigenvalue weighted by Gasteiger charge is 2.28. The minimum absolute atomic E-state index is 0.0488. The average Bonchev–Trinajstić information content (AvgIpc) is 3.05. The zero-order valence-corrected chi connectivity index (χ0v) is 13.0. The average molecular weight is 347 g/mol. The van der Waals surface area contributed by atoms with Crippen LogP contribution in [-0.4, -0.2) is 32.4 Å². The van der Waals surface area contributed by atoms with Crippen molar-refractivity contribution in [3.63, 3.8) is 0 Å². The number of aromatic nitrogens is 1. The molecule has 3 N–H and O–H groups in total. The van der Waals surface area contributed by atoms with Gasteiger partial charge in [0.05, 0.1) is 18.2 Å². The van der Waals surface area contributed by atoms with Crippen LogP contribution in [0.4, 0.5) is 5.00 Å². The number of carbonyl (C=O) groups excluding carboxylic acids is 2. The van der Waals surface area contributed by atoms with Crippen molar-refractivity contribution in [2.24, 2.45) is 5.73 Å². The number of primary amides is 1. The van der Waals surface area contributed by atoms with Crippen molar-refractivity contribution >= 4 is 49.6 Å². The van der Waals surface area contributed by atoms with Crippen molar-refractivity contribution in [2.75, 3.05) is 11.8 Å². The topological polar surface area (TPSA) is 128 Å². The number of esters is 1. The largest absolute Gasteiger partial charge is 0.464 e. The van der Waals surface area contributed by atoms with Crippen molar-refractivity contribution in [1.29, 1.82) is 0 Å². The lowest BCUT2D eigenvalue weighted by atomic mass is 10.3. The molecule has 1 amide bonds. The molecule has 112 valence electrons. The van der Waals surface area contributed by atoms with Gasteiger partial charge in [0.15, 0.2) is 9.90 Å². The zero-order chi connectivity index (χ0) is 15.6. The third-order valence-corrected chi connectivity index (χ3v) is 5.99. The van der Waals surface area contributed by atoms with Crippen LogP contribution < -0.4 is 10.5 Å². The van der Waals surface area contributed by atoms with Crippen molar-refractivity contribution in [3.05, 3.63) is 28.2 Å². The van der Waals surface area contributed by atoms with E-state index in [0.29, 0.717) is 0 Å². The van der Waals surface area contributed by atoms with E-state index in [-0.39, 0.29) is 20.5 Å². The van der Waals surface area contributed by atoms with Crippen LogP contribution in [0.25, 0.3) is 0 Å². The minimum Gasteiger partial charge on any atom is -0.464 e. The van der Waals surface area contributed by atoms with Crippen LogP contribution in [0.5, 0.6) is 0 Å². The van der Waals surface area contributed by atoms with Gasteiger partial charge in [-0.25, -0.2) is 18.2 Å². The SMILES string of the molecule is COC(=O)c1ncsc1S(=O)(=O)Nc1sccc1C(N)=O. The molecular formula is C10H9N3O5S3. The highest BCUT2D eigenvalue weighted by molar-refractivity contribution is 7.95. The number of anilines is 1. The van der Waals surface area contributed by atoms with Gasteiger partial charge in [0.25, 0.3) is 15.9 Å². The maximum Gasteiger partial charge on any atom is 0.358 e. The normalized spacial score (nSPS) is 11.1. The van der Waals surface area contributed by atoms with Gasteiger partial charge in [-0.05, 0) is 11.4 Å². The number of carbonyl (C=O) groups is 2. The number of amides is 1. The Bertz CT molecular complexity index is 792. The Morgan fingerprint density at radius 3 is 2.71 bits per heavy atom. The third kappa shape index (κ3) is 3.04. The fraction of sp³-hybridized carbons (Fsp3) is 0.100. The summed E-state index contributed by atoms with van der Waals surface area (Å²) >= 11 is 1.76. The Balaban J connectivity index is 2.40. The molecular weight excluding hydrogens is 338 g/mol. The van der Waals surface area contributed by atoms with E-state index in [4.69, 9.17) is 5.73 Å². The fourth-order valence-electron chi connectivity index (χ4n) is 1.41. The van der Waals surface area contributed by atoms with Gasteiger partial charge >= 0.3 is 5.97 Å². The van der Waals surface area contributed by atoms with Gasteiger partial charge < -0.3 is 10.5 Å². The number of rotatable bonds is 5. The fourth-order valence-corrected chi connectivity index (χ4v) is 4.67. The van der Waals surface area contributed by atoms with Crippen molar-refractivity contribution in [3.8, 4) is 0 Å². The number of thiophene rings is 1. The van der Waals surface area contributed by atoms with E-state index in [1.807, 2.05) is 0 Å². The number of hydrogen-bond donors (Lipinski definition) is 2. The molecule has 0 aliphatic heterocycles. The summed E-state index contributed by atoms with van der Waals surface area (Å²) in [5, 5.41) is 1.60. The number of methoxy groups -OCH3 is 1. The molecule has 0 radical (unpaired) electrons. The summed E-state index contributed by atoms with van der Waals surface area (Å²) in [6.45, 7) is 0. The van der Waals surface area contributed by atoms with E-state index in [1.54, 1.807) is 0 Å². The molecule has 11 heteroatoms. The van der Waals surface area contributed by atoms with E-state index >= 15 is 0 Å². The van der Waals surface area contributed by atoms with Gasteiger partial charge in [-0.3, -0.25) is 9.52 Å². The summed E-state index contributed by atoms with van der Waals surface area (Å²) in [4.78, 5) is 26.3. The summed E-state index contributed by atoms with van der Waals surface area (Å²) in [5.41, 5.74) is 6.09. The summed E-state index contributed by atoms with van der Waals surface area (Å²) in [6, 6.07) is 1.40. The summed E-state index contributed by atoms with van der Waals surface area (Å²) < 4.78 is 31.0. The van der Waals surface area contributed by atoms with Gasteiger partial charge in [0.2, 0.25) is 0 Å². The Hall–Kier alpha value is -1.98. The molecule has 0 saturated carbocycles. The predicted molar refractivity (Wildman–Crippen MR) is 77.1 cm³/mol. The first-order chi connectivity index (χ1) is 9.86. The molecule has 0 aliphatic carbocycles. The molecule has 0 unspecified atom stereocenters. The highest BCUT2D eigenvalue weighted by Crippen LogP contribution is 2.28. The molecule has 0 bridgehead atoms. The van der Waals surface area contributed by atoms with Crippen molar-refractivity contribution in [1.82, 2.24) is 4.98 Å². The standard InChI is InChI=1S/C10H9N3O5S3/c1-18-9(15)6-10(20-4-12-6)21(16,17)13-8-5(7(11)14)2-3-19-8/h2-4,13H,1H3,(H2,11,14). The zero-order valence-electron chi connectivity index (χ0n) is 10.5. The lowest BCUT2D eigenvalue weighted by Gasteiger charge is -2.06. The molecule has 0 atom stereocenters. The molecule has 2 aromatic rings. The number of nitrogens with one attached hydrogen (secondary N) is 1. The number of nitrogens with zero attached hydrogens (tertiary/aromatic N) is 1. The molecule has 0 fully saturated rings. The first-order valence-corrected chi connectivity index (χ1v) is 8.53. The van der Waals surface area contributed by atoms with Gasteiger partial charge in [0, 0.05) is 0 Å². The number of ether oxygens (including phenoxy) is 1. The molecule has 8 nitrogen and oxygen atoms in total. The predicted octanol–water partition coefficient (Wildman–Crippen LogP) is 0.891. The summed E-state index contributed by atoms with van der Waals surface area (Å²) in [7, 11) is -2.95. The summed E-state index contributed by atoms with van der Waals surface area (Å²) in [5.74, 6) is -1.62. The Morgan fingerprint density at radius 1 is 1.38 bits per heavy atom. The van der Waals surface area contributed by atoms with Crippen molar-refractivity contribution < 1.29 is 22.7 Å². The molecule has 21 heavy (non-hydrogen) atoms. The number of sulfonamides is 1. The van der Waals surface area contributed by atoms with Crippen LogP contribution in [-0.2, 0) is 14.8 Å². The first kappa shape index (κ1) is 15.4. The van der Waals surface area contributed by atoms with E-state index in [0.717, 1.165) is 29.8 Å².